The summed E-state index contributed by atoms with van der Waals surface area (Å²) in [5.41, 5.74) is 0. The molecule has 1 aliphatic rings. The molecule has 0 spiro atoms. The molecule has 0 saturated heterocycles. The molecule has 0 N–H and O–H groups in total. The quantitative estimate of drug-likeness (QED) is 0.571. The van der Waals surface area contributed by atoms with E-state index >= 15 is 0 Å². The maximum atomic E-state index is 2.41. The van der Waals surface area contributed by atoms with Crippen LogP contribution in [0.1, 0.15) is 52.4 Å². The predicted molar refractivity (Wildman–Crippen MR) is 55.2 cm³/mol. The maximum Gasteiger partial charge on any atom is 0.0107 e. The first-order valence-corrected chi connectivity index (χ1v) is 6.16. The summed E-state index contributed by atoms with van der Waals surface area (Å²) in [5.74, 6) is 0.977. The SMILES string of the molecule is CCC(C)CC1([SiH3])CCCC1. The lowest BCUT2D eigenvalue weighted by molar-refractivity contribution is 0.407. The molecule has 1 aliphatic carbocycles. The van der Waals surface area contributed by atoms with Crippen molar-refractivity contribution in [2.24, 2.45) is 5.92 Å². The van der Waals surface area contributed by atoms with E-state index in [0.717, 1.165) is 11.0 Å². The van der Waals surface area contributed by atoms with E-state index in [2.05, 4.69) is 13.8 Å². The molecule has 0 amide bonds. The molecule has 1 saturated carbocycles. The Balaban J connectivity index is 2.33. The zero-order valence-corrected chi connectivity index (χ0v) is 10.3. The summed E-state index contributed by atoms with van der Waals surface area (Å²) in [4.78, 5) is 0. The molecule has 0 radical (unpaired) electrons. The van der Waals surface area contributed by atoms with Gasteiger partial charge in [0.15, 0.2) is 0 Å². The van der Waals surface area contributed by atoms with Gasteiger partial charge in [0.1, 0.15) is 0 Å². The van der Waals surface area contributed by atoms with E-state index < -0.39 is 0 Å². The van der Waals surface area contributed by atoms with Crippen LogP contribution >= 0.6 is 0 Å². The molecule has 0 heterocycles. The molecule has 0 aromatic heterocycles. The fraction of sp³-hybridized carbons (Fsp3) is 1.00. The summed E-state index contributed by atoms with van der Waals surface area (Å²) in [7, 11) is 1.43. The van der Waals surface area contributed by atoms with Crippen molar-refractivity contribution >= 4 is 10.2 Å². The van der Waals surface area contributed by atoms with E-state index in [9.17, 15) is 0 Å². The van der Waals surface area contributed by atoms with Crippen LogP contribution < -0.4 is 0 Å². The van der Waals surface area contributed by atoms with Gasteiger partial charge in [-0.2, -0.15) is 0 Å². The summed E-state index contributed by atoms with van der Waals surface area (Å²) in [5, 5.41) is 0.857. The fourth-order valence-electron chi connectivity index (χ4n) is 2.42. The largest absolute Gasteiger partial charge is 0.0651 e. The highest BCUT2D eigenvalue weighted by Crippen LogP contribution is 2.46. The number of hydrogen-bond donors (Lipinski definition) is 0. The second-order valence-electron chi connectivity index (χ2n) is 4.74. The third-order valence-electron chi connectivity index (χ3n) is 3.35. The van der Waals surface area contributed by atoms with Crippen molar-refractivity contribution in [3.8, 4) is 0 Å². The van der Waals surface area contributed by atoms with Crippen molar-refractivity contribution in [2.45, 2.75) is 57.4 Å². The average Bonchev–Trinajstić information content (AvgIpc) is 2.36. The van der Waals surface area contributed by atoms with Gasteiger partial charge in [-0.1, -0.05) is 46.0 Å². The number of hydrogen-bond acceptors (Lipinski definition) is 0. The van der Waals surface area contributed by atoms with Crippen molar-refractivity contribution < 1.29 is 0 Å². The van der Waals surface area contributed by atoms with E-state index in [1.807, 2.05) is 0 Å². The average molecular weight is 170 g/mol. The molecule has 11 heavy (non-hydrogen) atoms. The first kappa shape index (κ1) is 9.31. The van der Waals surface area contributed by atoms with Crippen LogP contribution in [-0.4, -0.2) is 10.2 Å². The number of rotatable bonds is 3. The van der Waals surface area contributed by atoms with Gasteiger partial charge in [0, 0.05) is 10.2 Å². The molecule has 0 bridgehead atoms. The Hall–Kier alpha value is 0.217. The summed E-state index contributed by atoms with van der Waals surface area (Å²) in [6.45, 7) is 4.74. The molecule has 0 nitrogen and oxygen atoms in total. The van der Waals surface area contributed by atoms with Gasteiger partial charge in [0.05, 0.1) is 0 Å². The molecular weight excluding hydrogens is 148 g/mol. The predicted octanol–water partition coefficient (Wildman–Crippen LogP) is 2.52. The van der Waals surface area contributed by atoms with Crippen LogP contribution in [0, 0.1) is 5.92 Å². The Morgan fingerprint density at radius 3 is 2.36 bits per heavy atom. The highest BCUT2D eigenvalue weighted by atomic mass is 28.1. The second-order valence-corrected chi connectivity index (χ2v) is 6.86. The van der Waals surface area contributed by atoms with Gasteiger partial charge >= 0.3 is 0 Å². The monoisotopic (exact) mass is 170 g/mol. The zero-order valence-electron chi connectivity index (χ0n) is 8.32. The summed E-state index contributed by atoms with van der Waals surface area (Å²) in [6, 6.07) is 0. The topological polar surface area (TPSA) is 0 Å². The molecule has 66 valence electrons. The molecule has 0 aliphatic heterocycles. The van der Waals surface area contributed by atoms with E-state index in [1.54, 1.807) is 12.8 Å². The molecule has 1 unspecified atom stereocenters. The summed E-state index contributed by atoms with van der Waals surface area (Å²) in [6.07, 6.45) is 9.02. The third kappa shape index (κ3) is 2.62. The summed E-state index contributed by atoms with van der Waals surface area (Å²) < 4.78 is 0. The van der Waals surface area contributed by atoms with E-state index in [4.69, 9.17) is 0 Å². The lowest BCUT2D eigenvalue weighted by atomic mass is 9.92. The standard InChI is InChI=1S/C10H22Si/c1-3-9(2)8-10(11)6-4-5-7-10/h9H,3-8H2,1-2,11H3. The molecular formula is C10H22Si. The highest BCUT2D eigenvalue weighted by Gasteiger charge is 2.29. The Morgan fingerprint density at radius 1 is 1.36 bits per heavy atom. The van der Waals surface area contributed by atoms with E-state index in [0.29, 0.717) is 0 Å². The Morgan fingerprint density at radius 2 is 1.91 bits per heavy atom. The van der Waals surface area contributed by atoms with E-state index in [-0.39, 0.29) is 0 Å². The van der Waals surface area contributed by atoms with Crippen molar-refractivity contribution in [2.75, 3.05) is 0 Å². The fourth-order valence-corrected chi connectivity index (χ4v) is 3.82. The van der Waals surface area contributed by atoms with Crippen molar-refractivity contribution in [1.82, 2.24) is 0 Å². The second kappa shape index (κ2) is 3.75. The normalized spacial score (nSPS) is 25.6. The highest BCUT2D eigenvalue weighted by molar-refractivity contribution is 6.15. The minimum Gasteiger partial charge on any atom is -0.0651 e. The Labute approximate surface area is 74.2 Å². The van der Waals surface area contributed by atoms with Crippen LogP contribution in [0.4, 0.5) is 0 Å². The molecule has 0 aromatic carbocycles. The van der Waals surface area contributed by atoms with Gasteiger partial charge in [0.25, 0.3) is 0 Å². The minimum atomic E-state index is 0.857. The van der Waals surface area contributed by atoms with Crippen molar-refractivity contribution in [3.05, 3.63) is 0 Å². The molecule has 0 aromatic rings. The first-order chi connectivity index (χ1) is 5.16. The van der Waals surface area contributed by atoms with Crippen LogP contribution in [-0.2, 0) is 0 Å². The van der Waals surface area contributed by atoms with Crippen LogP contribution in [0.25, 0.3) is 0 Å². The van der Waals surface area contributed by atoms with Crippen LogP contribution in [0.5, 0.6) is 0 Å². The van der Waals surface area contributed by atoms with Crippen LogP contribution in [0.15, 0.2) is 0 Å². The van der Waals surface area contributed by atoms with Crippen molar-refractivity contribution in [3.63, 3.8) is 0 Å². The van der Waals surface area contributed by atoms with E-state index in [1.165, 1.54) is 35.9 Å². The Kier molecular flexibility index (Phi) is 3.17. The Bertz CT molecular complexity index is 114. The summed E-state index contributed by atoms with van der Waals surface area (Å²) >= 11 is 0. The molecule has 1 atom stereocenters. The lowest BCUT2D eigenvalue weighted by Crippen LogP contribution is -2.11. The van der Waals surface area contributed by atoms with Gasteiger partial charge in [-0.3, -0.25) is 0 Å². The van der Waals surface area contributed by atoms with Crippen LogP contribution in [0.2, 0.25) is 5.04 Å². The van der Waals surface area contributed by atoms with Gasteiger partial charge in [-0.25, -0.2) is 0 Å². The molecule has 1 rings (SSSR count). The van der Waals surface area contributed by atoms with Gasteiger partial charge in [-0.15, -0.1) is 0 Å². The third-order valence-corrected chi connectivity index (χ3v) is 4.76. The molecule has 1 fully saturated rings. The van der Waals surface area contributed by atoms with Gasteiger partial charge in [-0.05, 0) is 17.4 Å². The first-order valence-electron chi connectivity index (χ1n) is 5.16. The molecule has 1 heteroatoms. The van der Waals surface area contributed by atoms with Gasteiger partial charge < -0.3 is 0 Å². The zero-order chi connectivity index (χ0) is 8.32. The maximum absolute atomic E-state index is 2.41. The van der Waals surface area contributed by atoms with Crippen LogP contribution in [0.3, 0.4) is 0 Å². The smallest absolute Gasteiger partial charge is 0.0107 e. The minimum absolute atomic E-state index is 0.857. The lowest BCUT2D eigenvalue weighted by Gasteiger charge is -2.26. The van der Waals surface area contributed by atoms with Gasteiger partial charge in [0.2, 0.25) is 0 Å². The van der Waals surface area contributed by atoms with Crippen molar-refractivity contribution in [1.29, 1.82) is 0 Å².